The van der Waals surface area contributed by atoms with Crippen molar-refractivity contribution in [3.8, 4) is 0 Å². The molecule has 2 aliphatic rings. The molecule has 0 bridgehead atoms. The molecule has 1 N–H and O–H groups in total. The number of nitrogens with one attached hydrogen (secondary N) is 1. The lowest BCUT2D eigenvalue weighted by atomic mass is 10.2. The largest absolute Gasteiger partial charge is 0.301 e. The van der Waals surface area contributed by atoms with E-state index in [4.69, 9.17) is 0 Å². The Labute approximate surface area is 89.4 Å². The summed E-state index contributed by atoms with van der Waals surface area (Å²) >= 11 is 0. The highest BCUT2D eigenvalue weighted by Gasteiger charge is 2.36. The van der Waals surface area contributed by atoms with Crippen LogP contribution < -0.4 is 5.32 Å². The Morgan fingerprint density at radius 1 is 1.27 bits per heavy atom. The Morgan fingerprint density at radius 3 is 2.40 bits per heavy atom. The molecule has 15 heavy (non-hydrogen) atoms. The first-order valence-corrected chi connectivity index (χ1v) is 5.51. The van der Waals surface area contributed by atoms with Crippen LogP contribution in [-0.2, 0) is 9.59 Å². The summed E-state index contributed by atoms with van der Waals surface area (Å²) < 4.78 is 0. The lowest BCUT2D eigenvalue weighted by molar-refractivity contribution is -0.126. The molecule has 0 saturated carbocycles. The number of amides is 2. The summed E-state index contributed by atoms with van der Waals surface area (Å²) in [5, 5.41) is 2.36. The van der Waals surface area contributed by atoms with Gasteiger partial charge in [0.25, 0.3) is 0 Å². The molecule has 0 unspecified atom stereocenters. The third-order valence-corrected chi connectivity index (χ3v) is 3.24. The van der Waals surface area contributed by atoms with E-state index in [0.29, 0.717) is 6.42 Å². The number of nitrogens with zero attached hydrogens (tertiary/aromatic N) is 2. The van der Waals surface area contributed by atoms with Crippen LogP contribution in [0.2, 0.25) is 0 Å². The van der Waals surface area contributed by atoms with E-state index in [-0.39, 0.29) is 17.9 Å². The lowest BCUT2D eigenvalue weighted by Crippen LogP contribution is -2.52. The highest BCUT2D eigenvalue weighted by atomic mass is 16.2. The molecule has 84 valence electrons. The minimum Gasteiger partial charge on any atom is -0.301 e. The van der Waals surface area contributed by atoms with Crippen molar-refractivity contribution in [2.24, 2.45) is 0 Å². The van der Waals surface area contributed by atoms with E-state index in [2.05, 4.69) is 22.0 Å². The topological polar surface area (TPSA) is 52.6 Å². The molecular weight excluding hydrogens is 194 g/mol. The third-order valence-electron chi connectivity index (χ3n) is 3.24. The van der Waals surface area contributed by atoms with Gasteiger partial charge in [-0.2, -0.15) is 0 Å². The van der Waals surface area contributed by atoms with Crippen molar-refractivity contribution in [1.82, 2.24) is 15.1 Å². The molecule has 0 spiro atoms. The summed E-state index contributed by atoms with van der Waals surface area (Å²) in [4.78, 5) is 27.0. The number of imide groups is 1. The van der Waals surface area contributed by atoms with E-state index in [0.717, 1.165) is 32.7 Å². The number of likely N-dealkylation sites (N-methyl/N-ethyl adjacent to an activating group) is 1. The molecule has 2 amide bonds. The zero-order chi connectivity index (χ0) is 10.8. The fourth-order valence-corrected chi connectivity index (χ4v) is 2.23. The average Bonchev–Trinajstić information content (AvgIpc) is 2.58. The third kappa shape index (κ3) is 2.18. The molecule has 5 heteroatoms. The Morgan fingerprint density at radius 2 is 1.93 bits per heavy atom. The van der Waals surface area contributed by atoms with Gasteiger partial charge in [0.15, 0.2) is 0 Å². The molecule has 0 aromatic heterocycles. The van der Waals surface area contributed by atoms with Gasteiger partial charge in [0.05, 0.1) is 12.5 Å². The van der Waals surface area contributed by atoms with Gasteiger partial charge < -0.3 is 4.90 Å². The van der Waals surface area contributed by atoms with Crippen LogP contribution in [0.5, 0.6) is 0 Å². The molecule has 0 aromatic rings. The van der Waals surface area contributed by atoms with Crippen LogP contribution in [0.25, 0.3) is 0 Å². The van der Waals surface area contributed by atoms with Gasteiger partial charge in [-0.05, 0) is 6.54 Å². The zero-order valence-electron chi connectivity index (χ0n) is 9.03. The van der Waals surface area contributed by atoms with E-state index in [1.54, 1.807) is 0 Å². The van der Waals surface area contributed by atoms with Crippen molar-refractivity contribution in [1.29, 1.82) is 0 Å². The maximum absolute atomic E-state index is 11.4. The second kappa shape index (κ2) is 4.28. The zero-order valence-corrected chi connectivity index (χ0v) is 9.03. The van der Waals surface area contributed by atoms with Crippen molar-refractivity contribution in [2.75, 3.05) is 32.7 Å². The van der Waals surface area contributed by atoms with E-state index in [1.165, 1.54) is 0 Å². The molecule has 0 aliphatic carbocycles. The molecule has 0 aromatic carbocycles. The summed E-state index contributed by atoms with van der Waals surface area (Å²) in [7, 11) is 0. The Balaban J connectivity index is 1.90. The molecule has 0 radical (unpaired) electrons. The maximum atomic E-state index is 11.4. The van der Waals surface area contributed by atoms with Gasteiger partial charge in [0.1, 0.15) is 0 Å². The smallest absolute Gasteiger partial charge is 0.244 e. The molecule has 1 atom stereocenters. The van der Waals surface area contributed by atoms with Gasteiger partial charge >= 0.3 is 0 Å². The molecule has 2 aliphatic heterocycles. The first-order valence-electron chi connectivity index (χ1n) is 5.51. The molecule has 2 heterocycles. The summed E-state index contributed by atoms with van der Waals surface area (Å²) in [6.45, 7) is 6.96. The summed E-state index contributed by atoms with van der Waals surface area (Å²) in [6.07, 6.45) is 0.338. The second-order valence-electron chi connectivity index (χ2n) is 4.10. The van der Waals surface area contributed by atoms with Crippen LogP contribution in [0.1, 0.15) is 13.3 Å². The lowest BCUT2D eigenvalue weighted by Gasteiger charge is -2.36. The van der Waals surface area contributed by atoms with Crippen molar-refractivity contribution in [2.45, 2.75) is 19.4 Å². The molecule has 5 nitrogen and oxygen atoms in total. The highest BCUT2D eigenvalue weighted by Crippen LogP contribution is 2.13. The number of hydrogen-bond acceptors (Lipinski definition) is 4. The van der Waals surface area contributed by atoms with Gasteiger partial charge in [-0.15, -0.1) is 0 Å². The average molecular weight is 211 g/mol. The fraction of sp³-hybridized carbons (Fsp3) is 0.800. The van der Waals surface area contributed by atoms with Crippen molar-refractivity contribution in [3.05, 3.63) is 0 Å². The van der Waals surface area contributed by atoms with Crippen LogP contribution in [0.4, 0.5) is 0 Å². The molecule has 2 rings (SSSR count). The predicted octanol–water partition coefficient (Wildman–Crippen LogP) is -0.961. The van der Waals surface area contributed by atoms with Gasteiger partial charge in [-0.3, -0.25) is 19.8 Å². The van der Waals surface area contributed by atoms with Crippen LogP contribution in [0.3, 0.4) is 0 Å². The monoisotopic (exact) mass is 211 g/mol. The Hall–Kier alpha value is -0.940. The van der Waals surface area contributed by atoms with E-state index < -0.39 is 0 Å². The minimum atomic E-state index is -0.212. The van der Waals surface area contributed by atoms with E-state index in [1.807, 2.05) is 0 Å². The predicted molar refractivity (Wildman–Crippen MR) is 55.2 cm³/mol. The molecule has 2 saturated heterocycles. The quantitative estimate of drug-likeness (QED) is 0.598. The normalized spacial score (nSPS) is 29.5. The second-order valence-corrected chi connectivity index (χ2v) is 4.10. The summed E-state index contributed by atoms with van der Waals surface area (Å²) in [5.74, 6) is -0.257. The van der Waals surface area contributed by atoms with E-state index >= 15 is 0 Å². The van der Waals surface area contributed by atoms with Crippen molar-refractivity contribution in [3.63, 3.8) is 0 Å². The maximum Gasteiger partial charge on any atom is 0.244 e. The van der Waals surface area contributed by atoms with Crippen molar-refractivity contribution < 1.29 is 9.59 Å². The Bertz CT molecular complexity index is 272. The minimum absolute atomic E-state index is 0.120. The van der Waals surface area contributed by atoms with Gasteiger partial charge in [0, 0.05) is 26.2 Å². The van der Waals surface area contributed by atoms with Crippen LogP contribution in [-0.4, -0.2) is 60.4 Å². The SMILES string of the molecule is CCN1CCN([C@H]2CC(=O)NC2=O)CC1. The molecule has 2 fully saturated rings. The number of rotatable bonds is 2. The first kappa shape index (κ1) is 10.6. The van der Waals surface area contributed by atoms with Crippen LogP contribution in [0.15, 0.2) is 0 Å². The number of carbonyl (C=O) groups excluding carboxylic acids is 2. The standard InChI is InChI=1S/C10H17N3O2/c1-2-12-3-5-13(6-4-12)8-7-9(14)11-10(8)15/h8H,2-7H2,1H3,(H,11,14,15)/t8-/m0/s1. The van der Waals surface area contributed by atoms with Gasteiger partial charge in [0.2, 0.25) is 11.8 Å². The van der Waals surface area contributed by atoms with E-state index in [9.17, 15) is 9.59 Å². The van der Waals surface area contributed by atoms with Crippen LogP contribution >= 0.6 is 0 Å². The van der Waals surface area contributed by atoms with Crippen molar-refractivity contribution >= 4 is 11.8 Å². The van der Waals surface area contributed by atoms with Gasteiger partial charge in [-0.25, -0.2) is 0 Å². The Kier molecular flexibility index (Phi) is 3.02. The van der Waals surface area contributed by atoms with Gasteiger partial charge in [-0.1, -0.05) is 6.92 Å². The van der Waals surface area contributed by atoms with Crippen LogP contribution in [0, 0.1) is 0 Å². The number of hydrogen-bond donors (Lipinski definition) is 1. The summed E-state index contributed by atoms with van der Waals surface area (Å²) in [6, 6.07) is -0.212. The number of carbonyl (C=O) groups is 2. The highest BCUT2D eigenvalue weighted by molar-refractivity contribution is 6.05. The summed E-state index contributed by atoms with van der Waals surface area (Å²) in [5.41, 5.74) is 0. The number of piperazine rings is 1. The fourth-order valence-electron chi connectivity index (χ4n) is 2.23. The first-order chi connectivity index (χ1) is 7.20. The molecular formula is C10H17N3O2.